The minimum Gasteiger partial charge on any atom is -0.361 e. The van der Waals surface area contributed by atoms with Crippen LogP contribution in [0.3, 0.4) is 0 Å². The van der Waals surface area contributed by atoms with E-state index in [4.69, 9.17) is 0 Å². The lowest BCUT2D eigenvalue weighted by atomic mass is 9.96. The Morgan fingerprint density at radius 2 is 1.64 bits per heavy atom. The molecule has 0 unspecified atom stereocenters. The molecule has 126 valence electrons. The zero-order valence-corrected chi connectivity index (χ0v) is 13.9. The number of hydrogen-bond acceptors (Lipinski definition) is 4. The molecule has 0 fully saturated rings. The van der Waals surface area contributed by atoms with Crippen molar-refractivity contribution in [2.24, 2.45) is 0 Å². The van der Waals surface area contributed by atoms with Crippen LogP contribution in [0.15, 0.2) is 54.7 Å². The Labute approximate surface area is 145 Å². The van der Waals surface area contributed by atoms with Crippen LogP contribution in [0.1, 0.15) is 22.8 Å². The fraction of sp³-hybridized carbons (Fsp3) is 0.105. The summed E-state index contributed by atoms with van der Waals surface area (Å²) in [6, 6.07) is 14.2. The molecule has 6 nitrogen and oxygen atoms in total. The van der Waals surface area contributed by atoms with E-state index < -0.39 is 11.8 Å². The zero-order chi connectivity index (χ0) is 18.0. The number of hydrogen-bond donors (Lipinski definition) is 2. The molecule has 0 radical (unpaired) electrons. The average Bonchev–Trinajstić information content (AvgIpc) is 2.61. The third-order valence-electron chi connectivity index (χ3n) is 4.04. The van der Waals surface area contributed by atoms with E-state index in [-0.39, 0.29) is 5.91 Å². The maximum atomic E-state index is 12.1. The number of nitrogens with zero attached hydrogens (tertiary/aromatic N) is 1. The van der Waals surface area contributed by atoms with E-state index in [2.05, 4.69) is 10.6 Å². The van der Waals surface area contributed by atoms with Crippen LogP contribution in [0.2, 0.25) is 0 Å². The fourth-order valence-corrected chi connectivity index (χ4v) is 2.54. The Bertz CT molecular complexity index is 885. The number of anilines is 2. The molecule has 2 aromatic rings. The molecule has 0 aliphatic carbocycles. The SMILES string of the molecule is CC(=O)N(C)c1ccc(NC=C2C(=O)NC(=O)c3ccccc32)cc1. The Morgan fingerprint density at radius 1 is 1.00 bits per heavy atom. The third-order valence-corrected chi connectivity index (χ3v) is 4.04. The summed E-state index contributed by atoms with van der Waals surface area (Å²) in [5, 5.41) is 5.39. The maximum absolute atomic E-state index is 12.1. The van der Waals surface area contributed by atoms with Gasteiger partial charge in [-0.3, -0.25) is 19.7 Å². The van der Waals surface area contributed by atoms with Crippen molar-refractivity contribution < 1.29 is 14.4 Å². The Kier molecular flexibility index (Phi) is 4.35. The standard InChI is InChI=1S/C19H17N3O3/c1-12(23)22(2)14-9-7-13(8-10-14)20-11-17-15-5-3-4-6-16(15)18(24)21-19(17)25/h3-11,20H,1-2H3,(H,21,24,25). The molecule has 0 bridgehead atoms. The lowest BCUT2D eigenvalue weighted by molar-refractivity contribution is -0.116. The van der Waals surface area contributed by atoms with Crippen LogP contribution in [0, 0.1) is 0 Å². The molecule has 0 aromatic heterocycles. The monoisotopic (exact) mass is 335 g/mol. The van der Waals surface area contributed by atoms with Crippen LogP contribution in [0.25, 0.3) is 5.57 Å². The predicted molar refractivity (Wildman–Crippen MR) is 96.0 cm³/mol. The number of imide groups is 1. The Balaban J connectivity index is 1.84. The summed E-state index contributed by atoms with van der Waals surface area (Å²) in [5.74, 6) is -0.888. The largest absolute Gasteiger partial charge is 0.361 e. The number of carbonyl (C=O) groups excluding carboxylic acids is 3. The van der Waals surface area contributed by atoms with Gasteiger partial charge in [-0.05, 0) is 30.3 Å². The first kappa shape index (κ1) is 16.4. The molecule has 25 heavy (non-hydrogen) atoms. The second kappa shape index (κ2) is 6.60. The van der Waals surface area contributed by atoms with Gasteiger partial charge in [-0.15, -0.1) is 0 Å². The van der Waals surface area contributed by atoms with E-state index in [0.717, 1.165) is 11.4 Å². The van der Waals surface area contributed by atoms with Crippen molar-refractivity contribution in [3.8, 4) is 0 Å². The molecule has 0 saturated heterocycles. The van der Waals surface area contributed by atoms with E-state index in [9.17, 15) is 14.4 Å². The topological polar surface area (TPSA) is 78.5 Å². The quantitative estimate of drug-likeness (QED) is 0.667. The van der Waals surface area contributed by atoms with Crippen molar-refractivity contribution in [2.75, 3.05) is 17.3 Å². The summed E-state index contributed by atoms with van der Waals surface area (Å²) >= 11 is 0. The number of amides is 3. The molecule has 0 atom stereocenters. The first-order valence-electron chi connectivity index (χ1n) is 7.73. The van der Waals surface area contributed by atoms with Crippen LogP contribution in [-0.4, -0.2) is 24.8 Å². The smallest absolute Gasteiger partial charge is 0.260 e. The van der Waals surface area contributed by atoms with Crippen molar-refractivity contribution in [3.63, 3.8) is 0 Å². The first-order chi connectivity index (χ1) is 12.0. The number of benzene rings is 2. The summed E-state index contributed by atoms with van der Waals surface area (Å²) in [5.41, 5.74) is 2.98. The van der Waals surface area contributed by atoms with E-state index in [0.29, 0.717) is 16.7 Å². The first-order valence-corrected chi connectivity index (χ1v) is 7.73. The highest BCUT2D eigenvalue weighted by Crippen LogP contribution is 2.24. The van der Waals surface area contributed by atoms with Gasteiger partial charge in [0.15, 0.2) is 0 Å². The predicted octanol–water partition coefficient (Wildman–Crippen LogP) is 2.39. The summed E-state index contributed by atoms with van der Waals surface area (Å²) in [7, 11) is 1.70. The average molecular weight is 335 g/mol. The molecule has 3 rings (SSSR count). The lowest BCUT2D eigenvalue weighted by Gasteiger charge is -2.18. The highest BCUT2D eigenvalue weighted by Gasteiger charge is 2.26. The molecule has 2 aromatic carbocycles. The number of carbonyl (C=O) groups is 3. The summed E-state index contributed by atoms with van der Waals surface area (Å²) < 4.78 is 0. The molecule has 1 heterocycles. The van der Waals surface area contributed by atoms with E-state index in [1.165, 1.54) is 6.92 Å². The van der Waals surface area contributed by atoms with Crippen LogP contribution in [0.4, 0.5) is 11.4 Å². The third kappa shape index (κ3) is 3.28. The van der Waals surface area contributed by atoms with Crippen LogP contribution < -0.4 is 15.5 Å². The van der Waals surface area contributed by atoms with Gasteiger partial charge in [0.05, 0.1) is 5.57 Å². The Hall–Kier alpha value is -3.41. The van der Waals surface area contributed by atoms with Crippen molar-refractivity contribution in [1.82, 2.24) is 5.32 Å². The molecule has 1 aliphatic heterocycles. The van der Waals surface area contributed by atoms with Crippen LogP contribution in [0.5, 0.6) is 0 Å². The van der Waals surface area contributed by atoms with Gasteiger partial charge in [0.2, 0.25) is 5.91 Å². The van der Waals surface area contributed by atoms with Gasteiger partial charge in [-0.2, -0.15) is 0 Å². The van der Waals surface area contributed by atoms with Crippen molar-refractivity contribution >= 4 is 34.7 Å². The van der Waals surface area contributed by atoms with Crippen molar-refractivity contribution in [1.29, 1.82) is 0 Å². The highest BCUT2D eigenvalue weighted by atomic mass is 16.2. The van der Waals surface area contributed by atoms with Crippen molar-refractivity contribution in [3.05, 3.63) is 65.9 Å². The van der Waals surface area contributed by atoms with Crippen LogP contribution >= 0.6 is 0 Å². The van der Waals surface area contributed by atoms with Gasteiger partial charge < -0.3 is 10.2 Å². The van der Waals surface area contributed by atoms with Gasteiger partial charge in [0.25, 0.3) is 11.8 Å². The zero-order valence-electron chi connectivity index (χ0n) is 13.9. The summed E-state index contributed by atoms with van der Waals surface area (Å²) in [4.78, 5) is 36.9. The van der Waals surface area contributed by atoms with Gasteiger partial charge in [0.1, 0.15) is 0 Å². The molecule has 0 saturated carbocycles. The highest BCUT2D eigenvalue weighted by molar-refractivity contribution is 6.31. The molecular weight excluding hydrogens is 318 g/mol. The Morgan fingerprint density at radius 3 is 2.28 bits per heavy atom. The van der Waals surface area contributed by atoms with Gasteiger partial charge in [-0.25, -0.2) is 0 Å². The van der Waals surface area contributed by atoms with Gasteiger partial charge in [0, 0.05) is 42.7 Å². The lowest BCUT2D eigenvalue weighted by Crippen LogP contribution is -2.36. The number of fused-ring (bicyclic) bond motifs is 1. The molecule has 3 amide bonds. The van der Waals surface area contributed by atoms with Gasteiger partial charge in [-0.1, -0.05) is 18.2 Å². The second-order valence-electron chi connectivity index (χ2n) is 5.66. The molecular formula is C19H17N3O3. The molecule has 6 heteroatoms. The molecule has 2 N–H and O–H groups in total. The normalized spacial score (nSPS) is 14.7. The molecule has 0 spiro atoms. The number of rotatable bonds is 3. The number of nitrogens with one attached hydrogen (secondary N) is 2. The van der Waals surface area contributed by atoms with E-state index >= 15 is 0 Å². The van der Waals surface area contributed by atoms with Crippen LogP contribution in [-0.2, 0) is 9.59 Å². The molecule has 1 aliphatic rings. The second-order valence-corrected chi connectivity index (χ2v) is 5.66. The van der Waals surface area contributed by atoms with E-state index in [1.54, 1.807) is 54.5 Å². The fourth-order valence-electron chi connectivity index (χ4n) is 2.54. The van der Waals surface area contributed by atoms with Crippen molar-refractivity contribution in [2.45, 2.75) is 6.92 Å². The van der Waals surface area contributed by atoms with Gasteiger partial charge >= 0.3 is 0 Å². The maximum Gasteiger partial charge on any atom is 0.260 e. The summed E-state index contributed by atoms with van der Waals surface area (Å²) in [6.07, 6.45) is 1.57. The van der Waals surface area contributed by atoms with E-state index in [1.807, 2.05) is 12.1 Å². The summed E-state index contributed by atoms with van der Waals surface area (Å²) in [6.45, 7) is 1.50. The minimum absolute atomic E-state index is 0.0528. The minimum atomic E-state index is -0.441.